The summed E-state index contributed by atoms with van der Waals surface area (Å²) in [5.41, 5.74) is 2.48. The minimum atomic E-state index is -0.298. The Bertz CT molecular complexity index is 1020. The number of ketones is 1. The molecule has 1 aliphatic carbocycles. The standard InChI is InChI=1S/C20H15ClO4/c21-16-9-15-13-7-4-8-14(13)20(23)25-18(15)10-19(16)24-11-17(22)12-5-2-1-3-6-12/h1-3,5-6,9-10H,4,7-8,11H2. The van der Waals surface area contributed by atoms with Crippen LogP contribution in [0.1, 0.15) is 27.9 Å². The van der Waals surface area contributed by atoms with E-state index in [0.29, 0.717) is 21.9 Å². The first-order valence-electron chi connectivity index (χ1n) is 8.12. The molecule has 0 saturated carbocycles. The molecule has 1 aliphatic rings. The number of hydrogen-bond acceptors (Lipinski definition) is 4. The first-order valence-corrected chi connectivity index (χ1v) is 8.50. The molecule has 25 heavy (non-hydrogen) atoms. The van der Waals surface area contributed by atoms with Crippen LogP contribution in [0, 0.1) is 0 Å². The second-order valence-electron chi connectivity index (χ2n) is 6.06. The van der Waals surface area contributed by atoms with E-state index in [1.165, 1.54) is 0 Å². The average Bonchev–Trinajstić information content (AvgIpc) is 3.12. The highest BCUT2D eigenvalue weighted by molar-refractivity contribution is 6.32. The smallest absolute Gasteiger partial charge is 0.339 e. The number of carbonyl (C=O) groups excluding carboxylic acids is 1. The van der Waals surface area contributed by atoms with Crippen LogP contribution >= 0.6 is 11.6 Å². The average molecular weight is 355 g/mol. The van der Waals surface area contributed by atoms with Gasteiger partial charge >= 0.3 is 5.63 Å². The monoisotopic (exact) mass is 354 g/mol. The van der Waals surface area contributed by atoms with Gasteiger partial charge in [-0.25, -0.2) is 4.79 Å². The fraction of sp³-hybridized carbons (Fsp3) is 0.200. The molecule has 0 saturated heterocycles. The van der Waals surface area contributed by atoms with Crippen LogP contribution in [0.25, 0.3) is 11.0 Å². The Labute approximate surface area is 149 Å². The summed E-state index contributed by atoms with van der Waals surface area (Å²) < 4.78 is 11.0. The maximum Gasteiger partial charge on any atom is 0.339 e. The predicted octanol–water partition coefficient (Wildman–Crippen LogP) is 4.20. The highest BCUT2D eigenvalue weighted by Crippen LogP contribution is 2.34. The fourth-order valence-corrected chi connectivity index (χ4v) is 3.46. The maximum atomic E-state index is 12.2. The molecule has 0 radical (unpaired) electrons. The van der Waals surface area contributed by atoms with Crippen LogP contribution in [0.4, 0.5) is 0 Å². The third-order valence-corrected chi connectivity index (χ3v) is 4.78. The van der Waals surface area contributed by atoms with Gasteiger partial charge in [0.25, 0.3) is 0 Å². The van der Waals surface area contributed by atoms with Crippen LogP contribution in [-0.4, -0.2) is 12.4 Å². The van der Waals surface area contributed by atoms with Crippen molar-refractivity contribution >= 4 is 28.4 Å². The third kappa shape index (κ3) is 2.94. The van der Waals surface area contributed by atoms with E-state index in [0.717, 1.165) is 35.8 Å². The molecule has 0 amide bonds. The Morgan fingerprint density at radius 1 is 1.12 bits per heavy atom. The largest absolute Gasteiger partial charge is 0.484 e. The zero-order valence-corrected chi connectivity index (χ0v) is 14.1. The van der Waals surface area contributed by atoms with Gasteiger partial charge in [-0.1, -0.05) is 41.9 Å². The number of carbonyl (C=O) groups is 1. The summed E-state index contributed by atoms with van der Waals surface area (Å²) in [6, 6.07) is 12.3. The lowest BCUT2D eigenvalue weighted by molar-refractivity contribution is 0.0921. The van der Waals surface area contributed by atoms with Gasteiger partial charge in [-0.3, -0.25) is 4.79 Å². The number of Topliss-reactive ketones (excluding diaryl/α,β-unsaturated/α-hetero) is 1. The molecular formula is C20H15ClO4. The first-order chi connectivity index (χ1) is 12.1. The van der Waals surface area contributed by atoms with Gasteiger partial charge in [-0.05, 0) is 30.9 Å². The molecule has 0 spiro atoms. The van der Waals surface area contributed by atoms with Gasteiger partial charge in [0.05, 0.1) is 5.02 Å². The van der Waals surface area contributed by atoms with Crippen LogP contribution in [0.15, 0.2) is 51.7 Å². The van der Waals surface area contributed by atoms with Crippen molar-refractivity contribution in [2.24, 2.45) is 0 Å². The summed E-state index contributed by atoms with van der Waals surface area (Å²) in [6.45, 7) is -0.135. The second kappa shape index (κ2) is 6.37. The Balaban J connectivity index is 1.65. The van der Waals surface area contributed by atoms with Crippen LogP contribution in [0.3, 0.4) is 0 Å². The van der Waals surface area contributed by atoms with Gasteiger partial charge in [-0.2, -0.15) is 0 Å². The number of hydrogen-bond donors (Lipinski definition) is 0. The first kappa shape index (κ1) is 15.9. The minimum Gasteiger partial charge on any atom is -0.484 e. The molecule has 0 unspecified atom stereocenters. The van der Waals surface area contributed by atoms with Gasteiger partial charge in [0, 0.05) is 22.6 Å². The lowest BCUT2D eigenvalue weighted by Gasteiger charge is -2.10. The highest BCUT2D eigenvalue weighted by Gasteiger charge is 2.21. The van der Waals surface area contributed by atoms with E-state index in [-0.39, 0.29) is 18.0 Å². The van der Waals surface area contributed by atoms with Gasteiger partial charge in [0.2, 0.25) is 0 Å². The summed E-state index contributed by atoms with van der Waals surface area (Å²) in [4.78, 5) is 24.2. The number of ether oxygens (including phenoxy) is 1. The SMILES string of the molecule is O=C(COc1cc2oc(=O)c3c(c2cc1Cl)CCC3)c1ccccc1. The number of benzene rings is 2. The van der Waals surface area contributed by atoms with Gasteiger partial charge in [0.15, 0.2) is 12.4 Å². The number of rotatable bonds is 4. The van der Waals surface area contributed by atoms with E-state index in [9.17, 15) is 9.59 Å². The summed E-state index contributed by atoms with van der Waals surface area (Å²) in [5, 5.41) is 1.25. The molecule has 0 N–H and O–H groups in total. The van der Waals surface area contributed by atoms with E-state index < -0.39 is 0 Å². The normalized spacial score (nSPS) is 13.0. The molecule has 0 aliphatic heterocycles. The van der Waals surface area contributed by atoms with Crippen molar-refractivity contribution in [2.75, 3.05) is 6.61 Å². The molecule has 0 atom stereocenters. The lowest BCUT2D eigenvalue weighted by atomic mass is 10.1. The zero-order chi connectivity index (χ0) is 17.4. The third-order valence-electron chi connectivity index (χ3n) is 4.48. The molecule has 1 aromatic heterocycles. The molecule has 5 heteroatoms. The summed E-state index contributed by atoms with van der Waals surface area (Å²) in [6.07, 6.45) is 2.54. The Hall–Kier alpha value is -2.59. The topological polar surface area (TPSA) is 56.5 Å². The molecule has 1 heterocycles. The molecule has 3 aromatic rings. The number of halogens is 1. The molecule has 4 nitrogen and oxygen atoms in total. The van der Waals surface area contributed by atoms with E-state index in [2.05, 4.69) is 0 Å². The van der Waals surface area contributed by atoms with Crippen molar-refractivity contribution in [1.82, 2.24) is 0 Å². The second-order valence-corrected chi connectivity index (χ2v) is 6.46. The summed E-state index contributed by atoms with van der Waals surface area (Å²) in [5.74, 6) is 0.187. The van der Waals surface area contributed by atoms with E-state index >= 15 is 0 Å². The molecule has 0 bridgehead atoms. The molecule has 2 aromatic carbocycles. The van der Waals surface area contributed by atoms with Crippen LogP contribution in [0.2, 0.25) is 5.02 Å². The predicted molar refractivity (Wildman–Crippen MR) is 95.8 cm³/mol. The number of fused-ring (bicyclic) bond motifs is 3. The molecule has 4 rings (SSSR count). The highest BCUT2D eigenvalue weighted by atomic mass is 35.5. The zero-order valence-electron chi connectivity index (χ0n) is 13.4. The van der Waals surface area contributed by atoms with Crippen molar-refractivity contribution in [3.63, 3.8) is 0 Å². The molecule has 126 valence electrons. The Morgan fingerprint density at radius 3 is 2.68 bits per heavy atom. The van der Waals surface area contributed by atoms with E-state index in [1.54, 1.807) is 36.4 Å². The van der Waals surface area contributed by atoms with Crippen molar-refractivity contribution in [3.8, 4) is 5.75 Å². The maximum absolute atomic E-state index is 12.2. The van der Waals surface area contributed by atoms with E-state index in [1.807, 2.05) is 6.07 Å². The number of aryl methyl sites for hydroxylation is 1. The van der Waals surface area contributed by atoms with Gasteiger partial charge in [0.1, 0.15) is 11.3 Å². The summed E-state index contributed by atoms with van der Waals surface area (Å²) in [7, 11) is 0. The van der Waals surface area contributed by atoms with Crippen molar-refractivity contribution < 1.29 is 13.9 Å². The Morgan fingerprint density at radius 2 is 1.88 bits per heavy atom. The molecular weight excluding hydrogens is 340 g/mol. The van der Waals surface area contributed by atoms with Crippen LogP contribution < -0.4 is 10.4 Å². The lowest BCUT2D eigenvalue weighted by Crippen LogP contribution is -2.12. The van der Waals surface area contributed by atoms with Gasteiger partial charge < -0.3 is 9.15 Å². The minimum absolute atomic E-state index is 0.135. The fourth-order valence-electron chi connectivity index (χ4n) is 3.24. The van der Waals surface area contributed by atoms with Crippen molar-refractivity contribution in [2.45, 2.75) is 19.3 Å². The summed E-state index contributed by atoms with van der Waals surface area (Å²) >= 11 is 6.32. The van der Waals surface area contributed by atoms with Gasteiger partial charge in [-0.15, -0.1) is 0 Å². The molecule has 0 fully saturated rings. The van der Waals surface area contributed by atoms with E-state index in [4.69, 9.17) is 20.8 Å². The quantitative estimate of drug-likeness (QED) is 0.520. The van der Waals surface area contributed by atoms with Crippen LogP contribution in [0.5, 0.6) is 5.75 Å². The Kier molecular flexibility index (Phi) is 4.06. The van der Waals surface area contributed by atoms with Crippen molar-refractivity contribution in [3.05, 3.63) is 74.6 Å². The van der Waals surface area contributed by atoms with Crippen LogP contribution in [-0.2, 0) is 12.8 Å². The van der Waals surface area contributed by atoms with Crippen molar-refractivity contribution in [1.29, 1.82) is 0 Å².